The van der Waals surface area contributed by atoms with Gasteiger partial charge in [0.15, 0.2) is 0 Å². The molecule has 0 aliphatic heterocycles. The van der Waals surface area contributed by atoms with E-state index in [1.54, 1.807) is 30.6 Å². The van der Waals surface area contributed by atoms with Crippen LogP contribution in [0.3, 0.4) is 0 Å². The fourth-order valence-corrected chi connectivity index (χ4v) is 4.22. The number of halogens is 1. The molecule has 0 saturated heterocycles. The van der Waals surface area contributed by atoms with Gasteiger partial charge in [-0.15, -0.1) is 0 Å². The van der Waals surface area contributed by atoms with E-state index in [2.05, 4.69) is 32.7 Å². The Morgan fingerprint density at radius 2 is 1.73 bits per heavy atom. The second kappa shape index (κ2) is 9.20. The normalized spacial score (nSPS) is 14.9. The van der Waals surface area contributed by atoms with E-state index < -0.39 is 0 Å². The molecule has 5 rings (SSSR count). The highest BCUT2D eigenvalue weighted by molar-refractivity contribution is 5.95. The zero-order valence-corrected chi connectivity index (χ0v) is 18.0. The van der Waals surface area contributed by atoms with E-state index >= 15 is 0 Å². The van der Waals surface area contributed by atoms with Crippen molar-refractivity contribution >= 4 is 17.5 Å². The van der Waals surface area contributed by atoms with E-state index in [1.165, 1.54) is 23.3 Å². The van der Waals surface area contributed by atoms with Crippen LogP contribution in [0.15, 0.2) is 85.2 Å². The number of hydrogen-bond donors (Lipinski definition) is 2. The third-order valence-electron chi connectivity index (χ3n) is 5.87. The molecule has 6 heteroatoms. The molecular weight excluding hydrogens is 415 g/mol. The standard InChI is InChI=1S/C27H23FN4O/c28-22-10-3-8-19(14-22)21-16-29-27(30-17-21)31-23-11-4-9-20(15-23)26(33)32-25-13-5-7-18-6-1-2-12-24(18)25/h1-4,6,8-12,14-17,25H,5,7,13H2,(H,32,33)(H,29,30,31)/t25-/m1/s1. The minimum absolute atomic E-state index is 0.0257. The first kappa shape index (κ1) is 20.8. The monoisotopic (exact) mass is 438 g/mol. The molecule has 0 saturated carbocycles. The highest BCUT2D eigenvalue weighted by atomic mass is 19.1. The zero-order chi connectivity index (χ0) is 22.6. The summed E-state index contributed by atoms with van der Waals surface area (Å²) in [4.78, 5) is 21.6. The summed E-state index contributed by atoms with van der Waals surface area (Å²) in [5, 5.41) is 6.32. The largest absolute Gasteiger partial charge is 0.345 e. The lowest BCUT2D eigenvalue weighted by Crippen LogP contribution is -2.31. The summed E-state index contributed by atoms with van der Waals surface area (Å²) in [5.41, 5.74) is 5.23. The average molecular weight is 439 g/mol. The summed E-state index contributed by atoms with van der Waals surface area (Å²) >= 11 is 0. The van der Waals surface area contributed by atoms with E-state index in [0.29, 0.717) is 22.8 Å². The van der Waals surface area contributed by atoms with Crippen LogP contribution in [0, 0.1) is 5.82 Å². The molecule has 33 heavy (non-hydrogen) atoms. The molecule has 5 nitrogen and oxygen atoms in total. The van der Waals surface area contributed by atoms with Crippen molar-refractivity contribution in [3.05, 3.63) is 108 Å². The molecule has 0 fully saturated rings. The number of amides is 1. The van der Waals surface area contributed by atoms with Crippen LogP contribution >= 0.6 is 0 Å². The average Bonchev–Trinajstić information content (AvgIpc) is 2.85. The van der Waals surface area contributed by atoms with Gasteiger partial charge in [-0.1, -0.05) is 42.5 Å². The van der Waals surface area contributed by atoms with Crippen molar-refractivity contribution in [2.75, 3.05) is 5.32 Å². The molecule has 1 atom stereocenters. The van der Waals surface area contributed by atoms with E-state index in [1.807, 2.05) is 30.3 Å². The number of hydrogen-bond acceptors (Lipinski definition) is 4. The van der Waals surface area contributed by atoms with Gasteiger partial charge in [-0.2, -0.15) is 0 Å². The van der Waals surface area contributed by atoms with Crippen molar-refractivity contribution in [1.82, 2.24) is 15.3 Å². The Kier molecular flexibility index (Phi) is 5.81. The van der Waals surface area contributed by atoms with Crippen molar-refractivity contribution < 1.29 is 9.18 Å². The Labute approximate surface area is 191 Å². The van der Waals surface area contributed by atoms with E-state index in [0.717, 1.165) is 24.8 Å². The predicted octanol–water partition coefficient (Wildman–Crippen LogP) is 5.83. The van der Waals surface area contributed by atoms with Crippen molar-refractivity contribution in [1.29, 1.82) is 0 Å². The van der Waals surface area contributed by atoms with Gasteiger partial charge in [-0.3, -0.25) is 4.79 Å². The summed E-state index contributed by atoms with van der Waals surface area (Å²) in [6.45, 7) is 0. The van der Waals surface area contributed by atoms with Gasteiger partial charge in [0.2, 0.25) is 5.95 Å². The molecule has 0 bridgehead atoms. The summed E-state index contributed by atoms with van der Waals surface area (Å²) in [5.74, 6) is -0.0156. The van der Waals surface area contributed by atoms with Gasteiger partial charge in [0.05, 0.1) is 6.04 Å². The molecule has 0 radical (unpaired) electrons. The van der Waals surface area contributed by atoms with Crippen LogP contribution in [0.4, 0.5) is 16.0 Å². The lowest BCUT2D eigenvalue weighted by molar-refractivity contribution is 0.0933. The molecule has 1 heterocycles. The Morgan fingerprint density at radius 1 is 0.909 bits per heavy atom. The first-order valence-electron chi connectivity index (χ1n) is 11.0. The van der Waals surface area contributed by atoms with E-state index in [9.17, 15) is 9.18 Å². The Morgan fingerprint density at radius 3 is 2.58 bits per heavy atom. The first-order chi connectivity index (χ1) is 16.2. The quantitative estimate of drug-likeness (QED) is 0.411. The van der Waals surface area contributed by atoms with Gasteiger partial charge in [0, 0.05) is 29.2 Å². The Hall–Kier alpha value is -4.06. The lowest BCUT2D eigenvalue weighted by Gasteiger charge is -2.26. The maximum absolute atomic E-state index is 13.5. The van der Waals surface area contributed by atoms with Crippen molar-refractivity contribution in [3.63, 3.8) is 0 Å². The highest BCUT2D eigenvalue weighted by Gasteiger charge is 2.22. The third kappa shape index (κ3) is 4.75. The highest BCUT2D eigenvalue weighted by Crippen LogP contribution is 2.30. The van der Waals surface area contributed by atoms with Gasteiger partial charge >= 0.3 is 0 Å². The summed E-state index contributed by atoms with van der Waals surface area (Å²) in [6, 6.07) is 21.9. The summed E-state index contributed by atoms with van der Waals surface area (Å²) in [6.07, 6.45) is 6.33. The molecule has 164 valence electrons. The molecule has 0 spiro atoms. The van der Waals surface area contributed by atoms with Crippen molar-refractivity contribution in [2.24, 2.45) is 0 Å². The second-order valence-electron chi connectivity index (χ2n) is 8.13. The maximum Gasteiger partial charge on any atom is 0.251 e. The summed E-state index contributed by atoms with van der Waals surface area (Å²) < 4.78 is 13.5. The van der Waals surface area contributed by atoms with Crippen LogP contribution in [-0.4, -0.2) is 15.9 Å². The number of aromatic nitrogens is 2. The number of rotatable bonds is 5. The minimum atomic E-state index is -0.304. The molecule has 4 aromatic rings. The molecule has 2 N–H and O–H groups in total. The zero-order valence-electron chi connectivity index (χ0n) is 18.0. The smallest absolute Gasteiger partial charge is 0.251 e. The number of nitrogens with zero attached hydrogens (tertiary/aromatic N) is 2. The number of carbonyl (C=O) groups is 1. The molecule has 0 unspecified atom stereocenters. The third-order valence-corrected chi connectivity index (χ3v) is 5.87. The van der Waals surface area contributed by atoms with Gasteiger partial charge in [-0.25, -0.2) is 14.4 Å². The molecule has 1 aromatic heterocycles. The number of fused-ring (bicyclic) bond motifs is 1. The van der Waals surface area contributed by atoms with Gasteiger partial charge in [-0.05, 0) is 66.3 Å². The molecule has 1 amide bonds. The van der Waals surface area contributed by atoms with Crippen LogP contribution < -0.4 is 10.6 Å². The minimum Gasteiger partial charge on any atom is -0.345 e. The van der Waals surface area contributed by atoms with Crippen LogP contribution in [0.2, 0.25) is 0 Å². The van der Waals surface area contributed by atoms with Crippen LogP contribution in [0.25, 0.3) is 11.1 Å². The van der Waals surface area contributed by atoms with Gasteiger partial charge in [0.1, 0.15) is 5.82 Å². The summed E-state index contributed by atoms with van der Waals surface area (Å²) in [7, 11) is 0. The number of anilines is 2. The van der Waals surface area contributed by atoms with Crippen molar-refractivity contribution in [2.45, 2.75) is 25.3 Å². The fourth-order valence-electron chi connectivity index (χ4n) is 4.22. The van der Waals surface area contributed by atoms with Crippen molar-refractivity contribution in [3.8, 4) is 11.1 Å². The lowest BCUT2D eigenvalue weighted by atomic mass is 9.87. The molecule has 3 aromatic carbocycles. The SMILES string of the molecule is O=C(N[C@@H]1CCCc2ccccc21)c1cccc(Nc2ncc(-c3cccc(F)c3)cn2)c1. The van der Waals surface area contributed by atoms with Crippen LogP contribution in [0.5, 0.6) is 0 Å². The predicted molar refractivity (Wildman–Crippen MR) is 127 cm³/mol. The topological polar surface area (TPSA) is 66.9 Å². The second-order valence-corrected chi connectivity index (χ2v) is 8.13. The molecule has 1 aliphatic rings. The maximum atomic E-state index is 13.5. The number of nitrogens with one attached hydrogen (secondary N) is 2. The van der Waals surface area contributed by atoms with Crippen LogP contribution in [-0.2, 0) is 6.42 Å². The van der Waals surface area contributed by atoms with Gasteiger partial charge in [0.25, 0.3) is 5.91 Å². The van der Waals surface area contributed by atoms with Gasteiger partial charge < -0.3 is 10.6 Å². The number of carbonyl (C=O) groups excluding carboxylic acids is 1. The molecular formula is C27H23FN4O. The first-order valence-corrected chi connectivity index (χ1v) is 11.0. The van der Waals surface area contributed by atoms with E-state index in [4.69, 9.17) is 0 Å². The Bertz CT molecular complexity index is 1290. The van der Waals surface area contributed by atoms with E-state index in [-0.39, 0.29) is 17.8 Å². The number of benzene rings is 3. The Balaban J connectivity index is 1.28. The fraction of sp³-hybridized carbons (Fsp3) is 0.148. The van der Waals surface area contributed by atoms with Crippen LogP contribution in [0.1, 0.15) is 40.4 Å². The number of aryl methyl sites for hydroxylation is 1. The molecule has 1 aliphatic carbocycles.